The van der Waals surface area contributed by atoms with Gasteiger partial charge < -0.3 is 13.6 Å². The molecule has 0 spiro atoms. The van der Waals surface area contributed by atoms with Gasteiger partial charge in [-0.2, -0.15) is 0 Å². The molecule has 0 N–H and O–H groups in total. The predicted octanol–water partition coefficient (Wildman–Crippen LogP) is 11.6. The lowest BCUT2D eigenvalue weighted by Gasteiger charge is -2.25. The molecule has 0 aliphatic rings. The van der Waals surface area contributed by atoms with Gasteiger partial charge >= 0.3 is 0 Å². The number of para-hydroxylation sites is 2. The molecule has 9 aromatic heterocycles. The fraction of sp³-hybridized carbons (Fsp3) is 0.125. The van der Waals surface area contributed by atoms with Crippen molar-refractivity contribution >= 4 is 85.6 Å². The summed E-state index contributed by atoms with van der Waals surface area (Å²) in [5.41, 5.74) is 10.8. The van der Waals surface area contributed by atoms with Crippen molar-refractivity contribution in [3.63, 3.8) is 0 Å². The maximum absolute atomic E-state index is 7.29. The van der Waals surface area contributed by atoms with E-state index < -0.39 is 20.1 Å². The molecule has 0 fully saturated rings. The zero-order chi connectivity index (χ0) is 40.2. The van der Waals surface area contributed by atoms with Crippen molar-refractivity contribution in [2.75, 3.05) is 37.5 Å². The van der Waals surface area contributed by atoms with Crippen LogP contribution in [0, 0.1) is 0 Å². The van der Waals surface area contributed by atoms with Crippen LogP contribution in [0.2, 0.25) is 0 Å². The van der Waals surface area contributed by atoms with Crippen LogP contribution in [0.3, 0.4) is 0 Å². The van der Waals surface area contributed by atoms with Crippen LogP contribution in [0.1, 0.15) is 0 Å². The Hall–Kier alpha value is -6.56. The maximum Gasteiger partial charge on any atom is 0.162 e. The van der Waals surface area contributed by atoms with Gasteiger partial charge in [-0.05, 0) is 86.1 Å². The lowest BCUT2D eigenvalue weighted by atomic mass is 10.1. The molecular weight excluding hydrogens is 769 g/mol. The highest BCUT2D eigenvalue weighted by molar-refractivity contribution is 8.32. The van der Waals surface area contributed by atoms with Gasteiger partial charge in [-0.25, -0.2) is 30.0 Å². The molecule has 11 heteroatoms. The molecule has 0 radical (unpaired) electrons. The van der Waals surface area contributed by atoms with Crippen molar-refractivity contribution in [2.24, 2.45) is 0 Å². The number of benzene rings is 2. The van der Waals surface area contributed by atoms with Gasteiger partial charge in [0, 0.05) is 104 Å². The third-order valence-corrected chi connectivity index (χ3v) is 14.1. The minimum absolute atomic E-state index is 0.696. The number of pyridine rings is 6. The van der Waals surface area contributed by atoms with E-state index in [0.717, 1.165) is 98.3 Å². The molecule has 0 aliphatic carbocycles. The molecule has 0 unspecified atom stereocenters. The van der Waals surface area contributed by atoms with Gasteiger partial charge in [0.15, 0.2) is 11.2 Å². The Morgan fingerprint density at radius 2 is 0.847 bits per heavy atom. The zero-order valence-electron chi connectivity index (χ0n) is 33.5. The van der Waals surface area contributed by atoms with E-state index in [1.54, 1.807) is 0 Å². The Morgan fingerprint density at radius 3 is 1.25 bits per heavy atom. The highest BCUT2D eigenvalue weighted by Crippen LogP contribution is 2.52. The molecule has 2 aromatic carbocycles. The van der Waals surface area contributed by atoms with Crippen LogP contribution >= 0.6 is 20.1 Å². The topological polar surface area (TPSA) is 100 Å². The fourth-order valence-corrected chi connectivity index (χ4v) is 10.0. The van der Waals surface area contributed by atoms with Gasteiger partial charge in [0.05, 0.1) is 32.1 Å². The summed E-state index contributed by atoms with van der Waals surface area (Å²) in [6.07, 6.45) is 29.0. The first-order valence-corrected chi connectivity index (χ1v) is 25.0. The monoisotopic (exact) mass is 808 g/mol. The number of fused-ring (bicyclic) bond motifs is 9. The molecule has 11 aromatic rings. The van der Waals surface area contributed by atoms with Gasteiger partial charge in [-0.15, -0.1) is 0 Å². The second-order valence-electron chi connectivity index (χ2n) is 16.4. The van der Waals surface area contributed by atoms with Gasteiger partial charge in [0.2, 0.25) is 0 Å². The van der Waals surface area contributed by atoms with Crippen LogP contribution in [0.4, 0.5) is 0 Å². The predicted molar refractivity (Wildman–Crippen MR) is 247 cm³/mol. The standard InChI is InChI=1S/C48H40N8OS2/c1-58(2,3)41-21-31-32-22-42(59(4,5)6)54-44(38-28-52-26-36-34-24-50-20-18-40(34)56(46(36)38)30-15-11-8-12-16-30)48(32)57-47(31)43(53-41)37-27-51-25-35-33-23-49-19-17-39(33)55(45(35)37)29-13-9-7-10-14-29/h7-28H,1-6H3. The molecule has 59 heavy (non-hydrogen) atoms. The SMILES string of the molecule is CS(C)(C)c1cc2c(oc3c(-c4cncc5c6cnccc6n(-c6ccccc6)c45)nc(S(C)(C)C)cc32)c(-c2cncc3c4cnccc4n(-c4ccccc4)c23)n1. The summed E-state index contributed by atoms with van der Waals surface area (Å²) in [5, 5.41) is 8.11. The van der Waals surface area contributed by atoms with E-state index >= 15 is 0 Å². The number of rotatable bonds is 6. The number of furan rings is 1. The summed E-state index contributed by atoms with van der Waals surface area (Å²) in [6, 6.07) is 29.6. The van der Waals surface area contributed by atoms with Gasteiger partial charge in [-0.3, -0.25) is 19.9 Å². The minimum atomic E-state index is -1.31. The third-order valence-electron chi connectivity index (χ3n) is 11.1. The van der Waals surface area contributed by atoms with Crippen LogP contribution in [0.25, 0.3) is 99.4 Å². The van der Waals surface area contributed by atoms with Crippen LogP contribution in [0.15, 0.2) is 149 Å². The molecule has 9 nitrogen and oxygen atoms in total. The average Bonchev–Trinajstić information content (AvgIpc) is 3.91. The van der Waals surface area contributed by atoms with Crippen molar-refractivity contribution in [3.05, 3.63) is 135 Å². The van der Waals surface area contributed by atoms with Crippen molar-refractivity contribution < 1.29 is 4.42 Å². The minimum Gasteiger partial charge on any atom is -0.451 e. The van der Waals surface area contributed by atoms with E-state index in [1.807, 2.05) is 61.7 Å². The number of hydrogen-bond acceptors (Lipinski definition) is 7. The Labute approximate surface area is 343 Å². The highest BCUT2D eigenvalue weighted by atomic mass is 32.3. The molecule has 9 heterocycles. The largest absolute Gasteiger partial charge is 0.451 e. The number of aromatic nitrogens is 8. The zero-order valence-corrected chi connectivity index (χ0v) is 35.1. The van der Waals surface area contributed by atoms with Gasteiger partial charge in [0.1, 0.15) is 11.4 Å². The second-order valence-corrected chi connectivity index (χ2v) is 24.6. The molecule has 0 bridgehead atoms. The summed E-state index contributed by atoms with van der Waals surface area (Å²) in [5.74, 6) is 0. The summed E-state index contributed by atoms with van der Waals surface area (Å²) in [6.45, 7) is 0. The first kappa shape index (κ1) is 35.6. The second kappa shape index (κ2) is 13.0. The van der Waals surface area contributed by atoms with Gasteiger partial charge in [0.25, 0.3) is 0 Å². The van der Waals surface area contributed by atoms with Crippen molar-refractivity contribution in [1.29, 1.82) is 0 Å². The summed E-state index contributed by atoms with van der Waals surface area (Å²) in [7, 11) is -2.62. The smallest absolute Gasteiger partial charge is 0.162 e. The Bertz CT molecular complexity index is 3240. The molecule has 11 rings (SSSR count). The molecule has 290 valence electrons. The first-order valence-electron chi connectivity index (χ1n) is 19.3. The van der Waals surface area contributed by atoms with E-state index in [4.69, 9.17) is 24.4 Å². The number of hydrogen-bond donors (Lipinski definition) is 0. The molecule has 0 saturated carbocycles. The molecule has 0 saturated heterocycles. The maximum atomic E-state index is 7.29. The highest BCUT2D eigenvalue weighted by Gasteiger charge is 2.28. The van der Waals surface area contributed by atoms with Crippen molar-refractivity contribution in [3.8, 4) is 33.9 Å². The van der Waals surface area contributed by atoms with Crippen LogP contribution in [-0.2, 0) is 0 Å². The molecular formula is C48H40N8OS2. The number of nitrogens with zero attached hydrogens (tertiary/aromatic N) is 8. The van der Waals surface area contributed by atoms with Crippen LogP contribution < -0.4 is 0 Å². The summed E-state index contributed by atoms with van der Waals surface area (Å²) >= 11 is 0. The Kier molecular flexibility index (Phi) is 7.83. The van der Waals surface area contributed by atoms with E-state index in [2.05, 4.69) is 129 Å². The molecule has 0 aliphatic heterocycles. The lowest BCUT2D eigenvalue weighted by molar-refractivity contribution is 0.666. The summed E-state index contributed by atoms with van der Waals surface area (Å²) < 4.78 is 11.9. The van der Waals surface area contributed by atoms with E-state index in [1.165, 1.54) is 0 Å². The van der Waals surface area contributed by atoms with E-state index in [0.29, 0.717) is 11.2 Å². The van der Waals surface area contributed by atoms with Gasteiger partial charge in [-0.1, -0.05) is 36.4 Å². The molecule has 0 atom stereocenters. The summed E-state index contributed by atoms with van der Waals surface area (Å²) in [4.78, 5) is 29.9. The fourth-order valence-electron chi connectivity index (χ4n) is 8.36. The normalized spacial score (nSPS) is 13.1. The Balaban J connectivity index is 1.30. The van der Waals surface area contributed by atoms with E-state index in [-0.39, 0.29) is 0 Å². The quantitative estimate of drug-likeness (QED) is 0.165. The van der Waals surface area contributed by atoms with Crippen LogP contribution in [-0.4, -0.2) is 76.6 Å². The van der Waals surface area contributed by atoms with Crippen molar-refractivity contribution in [2.45, 2.75) is 10.1 Å². The Morgan fingerprint density at radius 1 is 0.441 bits per heavy atom. The van der Waals surface area contributed by atoms with Crippen LogP contribution in [0.5, 0.6) is 0 Å². The average molecular weight is 809 g/mol. The van der Waals surface area contributed by atoms with Crippen molar-refractivity contribution in [1.82, 2.24) is 39.0 Å². The first-order chi connectivity index (χ1) is 28.6. The third kappa shape index (κ3) is 5.48. The lowest BCUT2D eigenvalue weighted by Crippen LogP contribution is -2.01. The molecule has 0 amide bonds. The van der Waals surface area contributed by atoms with E-state index in [9.17, 15) is 0 Å².